The molecule has 1 aromatic rings. The van der Waals surface area contributed by atoms with Crippen molar-refractivity contribution in [2.24, 2.45) is 0 Å². The largest absolute Gasteiger partial charge is 0.464 e. The van der Waals surface area contributed by atoms with E-state index in [9.17, 15) is 9.59 Å². The summed E-state index contributed by atoms with van der Waals surface area (Å²) in [6, 6.07) is 6.90. The summed E-state index contributed by atoms with van der Waals surface area (Å²) in [5, 5.41) is 0. The number of hydrogen-bond acceptors (Lipinski definition) is 5. The van der Waals surface area contributed by atoms with Crippen LogP contribution in [0.2, 0.25) is 0 Å². The highest BCUT2D eigenvalue weighted by Gasteiger charge is 2.37. The van der Waals surface area contributed by atoms with Gasteiger partial charge in [-0.1, -0.05) is 12.1 Å². The molecule has 1 aliphatic heterocycles. The molecule has 118 valence electrons. The second-order valence-corrected chi connectivity index (χ2v) is 6.48. The maximum Gasteiger partial charge on any atom is 0.419 e. The molecule has 0 atom stereocenters. The molecule has 1 amide bonds. The fraction of sp³-hybridized carbons (Fsp3) is 0.333. The van der Waals surface area contributed by atoms with Crippen molar-refractivity contribution in [1.29, 1.82) is 0 Å². The minimum atomic E-state index is -0.697. The van der Waals surface area contributed by atoms with Crippen LogP contribution in [-0.4, -0.2) is 24.8 Å². The number of fused-ring (bicyclic) bond motifs is 1. The maximum atomic E-state index is 12.6. The number of anilines is 1. The van der Waals surface area contributed by atoms with Gasteiger partial charge in [-0.2, -0.15) is 0 Å². The molecule has 1 aliphatic rings. The van der Waals surface area contributed by atoms with E-state index in [0.29, 0.717) is 11.4 Å². The van der Waals surface area contributed by atoms with Gasteiger partial charge >= 0.3 is 12.1 Å². The number of hydrogen-bond donors (Lipinski definition) is 0. The van der Waals surface area contributed by atoms with Crippen LogP contribution >= 0.6 is 22.6 Å². The molecule has 0 bridgehead atoms. The van der Waals surface area contributed by atoms with Gasteiger partial charge in [0.05, 0.1) is 12.8 Å². The first kappa shape index (κ1) is 16.6. The van der Waals surface area contributed by atoms with Crippen LogP contribution in [0.15, 0.2) is 33.7 Å². The van der Waals surface area contributed by atoms with E-state index in [1.165, 1.54) is 12.0 Å². The van der Waals surface area contributed by atoms with Crippen molar-refractivity contribution in [2.75, 3.05) is 12.0 Å². The van der Waals surface area contributed by atoms with E-state index < -0.39 is 17.7 Å². The minimum absolute atomic E-state index is 0.00366. The van der Waals surface area contributed by atoms with Gasteiger partial charge in [-0.15, -0.1) is 0 Å². The molecule has 1 aromatic carbocycles. The predicted molar refractivity (Wildman–Crippen MR) is 88.8 cm³/mol. The van der Waals surface area contributed by atoms with E-state index in [2.05, 4.69) is 0 Å². The van der Waals surface area contributed by atoms with Gasteiger partial charge in [-0.25, -0.2) is 14.5 Å². The number of para-hydroxylation sites is 2. The first-order valence-electron chi connectivity index (χ1n) is 6.52. The molecule has 7 heteroatoms. The summed E-state index contributed by atoms with van der Waals surface area (Å²) < 4.78 is 16.0. The first-order chi connectivity index (χ1) is 10.2. The van der Waals surface area contributed by atoms with Crippen molar-refractivity contribution in [1.82, 2.24) is 0 Å². The van der Waals surface area contributed by atoms with Crippen molar-refractivity contribution < 1.29 is 23.8 Å². The Morgan fingerprint density at radius 2 is 1.86 bits per heavy atom. The molecule has 22 heavy (non-hydrogen) atoms. The van der Waals surface area contributed by atoms with Crippen LogP contribution in [0.5, 0.6) is 5.75 Å². The number of rotatable bonds is 1. The number of carbonyl (C=O) groups is 2. The molecule has 0 aliphatic carbocycles. The molecule has 0 saturated heterocycles. The van der Waals surface area contributed by atoms with Gasteiger partial charge in [0.2, 0.25) is 0 Å². The lowest BCUT2D eigenvalue weighted by atomic mass is 10.2. The summed E-state index contributed by atoms with van der Waals surface area (Å²) >= 11 is 1.85. The topological polar surface area (TPSA) is 65.1 Å². The molecule has 0 fully saturated rings. The monoisotopic (exact) mass is 417 g/mol. The molecule has 0 spiro atoms. The first-order valence-corrected chi connectivity index (χ1v) is 7.60. The zero-order chi connectivity index (χ0) is 16.5. The lowest BCUT2D eigenvalue weighted by molar-refractivity contribution is -0.136. The molecule has 2 rings (SSSR count). The highest BCUT2D eigenvalue weighted by molar-refractivity contribution is 14.1. The lowest BCUT2D eigenvalue weighted by Gasteiger charge is -2.32. The lowest BCUT2D eigenvalue weighted by Crippen LogP contribution is -2.41. The number of carbonyl (C=O) groups excluding carboxylic acids is 2. The van der Waals surface area contributed by atoms with E-state index in [0.717, 1.165) is 0 Å². The van der Waals surface area contributed by atoms with Crippen LogP contribution in [0.25, 0.3) is 0 Å². The summed E-state index contributed by atoms with van der Waals surface area (Å²) in [7, 11) is 1.24. The molecule has 0 aromatic heterocycles. The van der Waals surface area contributed by atoms with Crippen LogP contribution in [0.4, 0.5) is 10.5 Å². The number of ether oxygens (including phenoxy) is 3. The number of methoxy groups -OCH3 is 1. The van der Waals surface area contributed by atoms with Gasteiger partial charge in [-0.05, 0) is 32.9 Å². The van der Waals surface area contributed by atoms with E-state index >= 15 is 0 Å². The van der Waals surface area contributed by atoms with Gasteiger partial charge in [-0.3, -0.25) is 0 Å². The Hall–Kier alpha value is -1.77. The van der Waals surface area contributed by atoms with Gasteiger partial charge in [0.25, 0.3) is 0 Å². The third-order valence-corrected chi connectivity index (χ3v) is 3.40. The van der Waals surface area contributed by atoms with Crippen molar-refractivity contribution in [2.45, 2.75) is 26.4 Å². The van der Waals surface area contributed by atoms with E-state index in [-0.39, 0.29) is 9.46 Å². The summed E-state index contributed by atoms with van der Waals surface area (Å²) in [6.45, 7) is 5.26. The minimum Gasteiger partial charge on any atom is -0.464 e. The normalized spacial score (nSPS) is 14.1. The standard InChI is InChI=1S/C15H16INO5/c1-15(2,3)22-14(19)17-9-7-5-6-8-10(9)21-12(16)11(17)13(18)20-4/h5-8H,1-4H3. The predicted octanol–water partition coefficient (Wildman–Crippen LogP) is 3.60. The highest BCUT2D eigenvalue weighted by Crippen LogP contribution is 2.40. The summed E-state index contributed by atoms with van der Waals surface area (Å²) in [5.74, 6) is -0.213. The highest BCUT2D eigenvalue weighted by atomic mass is 127. The zero-order valence-corrected chi connectivity index (χ0v) is 14.8. The van der Waals surface area contributed by atoms with Crippen LogP contribution in [0.1, 0.15) is 20.8 Å². The van der Waals surface area contributed by atoms with Crippen molar-refractivity contribution in [3.05, 3.63) is 33.7 Å². The number of esters is 1. The zero-order valence-electron chi connectivity index (χ0n) is 12.7. The quantitative estimate of drug-likeness (QED) is 0.516. The molecule has 0 N–H and O–H groups in total. The Bertz CT molecular complexity index is 648. The molecule has 6 nitrogen and oxygen atoms in total. The number of nitrogens with zero attached hydrogens (tertiary/aromatic N) is 1. The summed E-state index contributed by atoms with van der Waals surface area (Å²) in [6.07, 6.45) is -0.669. The third kappa shape index (κ3) is 3.34. The van der Waals surface area contributed by atoms with E-state index in [4.69, 9.17) is 14.2 Å². The Balaban J connectivity index is 2.53. The molecule has 0 unspecified atom stereocenters. The van der Waals surface area contributed by atoms with Gasteiger partial charge in [0.1, 0.15) is 5.60 Å². The second kappa shape index (κ2) is 6.15. The van der Waals surface area contributed by atoms with Crippen molar-refractivity contribution in [3.63, 3.8) is 0 Å². The number of amides is 1. The van der Waals surface area contributed by atoms with Crippen LogP contribution in [-0.2, 0) is 14.3 Å². The summed E-state index contributed by atoms with van der Waals surface area (Å²) in [4.78, 5) is 25.8. The molecule has 0 saturated carbocycles. The van der Waals surface area contributed by atoms with Gasteiger partial charge in [0.15, 0.2) is 15.2 Å². The Labute approximate surface area is 142 Å². The van der Waals surface area contributed by atoms with Crippen LogP contribution in [0, 0.1) is 0 Å². The fourth-order valence-electron chi connectivity index (χ4n) is 1.85. The van der Waals surface area contributed by atoms with Crippen molar-refractivity contribution in [3.8, 4) is 5.75 Å². The molecular formula is C15H16INO5. The van der Waals surface area contributed by atoms with Crippen LogP contribution < -0.4 is 9.64 Å². The van der Waals surface area contributed by atoms with Crippen LogP contribution in [0.3, 0.4) is 0 Å². The average Bonchev–Trinajstić information content (AvgIpc) is 2.43. The molecular weight excluding hydrogens is 401 g/mol. The third-order valence-electron chi connectivity index (χ3n) is 2.67. The summed E-state index contributed by atoms with van der Waals surface area (Å²) in [5.41, 5.74) is -0.273. The van der Waals surface area contributed by atoms with Gasteiger partial charge in [0, 0.05) is 22.6 Å². The van der Waals surface area contributed by atoms with E-state index in [1.54, 1.807) is 45.0 Å². The number of halogens is 1. The fourth-order valence-corrected chi connectivity index (χ4v) is 2.55. The van der Waals surface area contributed by atoms with Gasteiger partial charge < -0.3 is 14.2 Å². The smallest absolute Gasteiger partial charge is 0.419 e. The average molecular weight is 417 g/mol. The number of benzene rings is 1. The molecule has 1 heterocycles. The van der Waals surface area contributed by atoms with E-state index in [1.807, 2.05) is 22.6 Å². The Morgan fingerprint density at radius 3 is 2.45 bits per heavy atom. The SMILES string of the molecule is COC(=O)C1=C(I)Oc2ccccc2N1C(=O)OC(C)(C)C. The Morgan fingerprint density at radius 1 is 1.23 bits per heavy atom. The molecule has 0 radical (unpaired) electrons. The Kier molecular flexibility index (Phi) is 4.64. The second-order valence-electron chi connectivity index (χ2n) is 5.50. The van der Waals surface area contributed by atoms with Crippen molar-refractivity contribution >= 4 is 40.3 Å². The maximum absolute atomic E-state index is 12.6.